The van der Waals surface area contributed by atoms with Crippen LogP contribution in [0.15, 0.2) is 24.3 Å². The van der Waals surface area contributed by atoms with Gasteiger partial charge in [-0.25, -0.2) is 0 Å². The molecule has 16 heavy (non-hydrogen) atoms. The van der Waals surface area contributed by atoms with Crippen LogP contribution < -0.4 is 15.6 Å². The Labute approximate surface area is 98.2 Å². The van der Waals surface area contributed by atoms with Gasteiger partial charge in [-0.1, -0.05) is 18.2 Å². The molecule has 3 nitrogen and oxygen atoms in total. The molecule has 0 bridgehead atoms. The summed E-state index contributed by atoms with van der Waals surface area (Å²) in [6.45, 7) is 6.38. The maximum atomic E-state index is 5.32. The molecule has 0 aromatic heterocycles. The molecule has 0 aliphatic carbocycles. The maximum absolute atomic E-state index is 5.32. The Bertz CT molecular complexity index is 313. The minimum Gasteiger partial charge on any atom is -0.496 e. The number of benzene rings is 1. The highest BCUT2D eigenvalue weighted by Gasteiger charge is 2.07. The van der Waals surface area contributed by atoms with Gasteiger partial charge in [0.2, 0.25) is 0 Å². The van der Waals surface area contributed by atoms with Gasteiger partial charge in [-0.05, 0) is 38.8 Å². The molecule has 1 rings (SSSR count). The second-order valence-corrected chi connectivity index (χ2v) is 4.36. The quantitative estimate of drug-likeness (QED) is 0.723. The van der Waals surface area contributed by atoms with Crippen molar-refractivity contribution in [1.82, 2.24) is 10.9 Å². The molecular weight excluding hydrogens is 200 g/mol. The Morgan fingerprint density at radius 2 is 1.81 bits per heavy atom. The van der Waals surface area contributed by atoms with Gasteiger partial charge in [0.25, 0.3) is 0 Å². The summed E-state index contributed by atoms with van der Waals surface area (Å²) in [7, 11) is 1.71. The highest BCUT2D eigenvalue weighted by molar-refractivity contribution is 5.33. The summed E-state index contributed by atoms with van der Waals surface area (Å²) in [6, 6.07) is 8.95. The molecule has 2 N–H and O–H groups in total. The van der Waals surface area contributed by atoms with Crippen LogP contribution in [0.1, 0.15) is 26.3 Å². The first-order valence-corrected chi connectivity index (χ1v) is 5.76. The number of rotatable bonds is 6. The Morgan fingerprint density at radius 3 is 2.44 bits per heavy atom. The molecule has 0 spiro atoms. The summed E-state index contributed by atoms with van der Waals surface area (Å²) >= 11 is 0. The van der Waals surface area contributed by atoms with E-state index in [1.54, 1.807) is 7.11 Å². The summed E-state index contributed by atoms with van der Waals surface area (Å²) in [4.78, 5) is 0. The molecule has 0 amide bonds. The van der Waals surface area contributed by atoms with E-state index >= 15 is 0 Å². The number of para-hydroxylation sites is 1. The monoisotopic (exact) mass is 222 g/mol. The molecule has 0 radical (unpaired) electrons. The molecule has 1 aromatic carbocycles. The van der Waals surface area contributed by atoms with E-state index < -0.39 is 0 Å². The zero-order chi connectivity index (χ0) is 12.0. The van der Waals surface area contributed by atoms with Crippen molar-refractivity contribution in [2.75, 3.05) is 7.11 Å². The van der Waals surface area contributed by atoms with Crippen molar-refractivity contribution in [2.24, 2.45) is 0 Å². The maximum Gasteiger partial charge on any atom is 0.122 e. The Kier molecular flexibility index (Phi) is 5.29. The molecule has 0 heterocycles. The largest absolute Gasteiger partial charge is 0.496 e. The van der Waals surface area contributed by atoms with E-state index in [0.717, 1.165) is 12.2 Å². The zero-order valence-corrected chi connectivity index (χ0v) is 10.6. The summed E-state index contributed by atoms with van der Waals surface area (Å²) in [5, 5.41) is 0. The van der Waals surface area contributed by atoms with Crippen LogP contribution in [0.2, 0.25) is 0 Å². The summed E-state index contributed by atoms with van der Waals surface area (Å²) in [6.07, 6.45) is 0.948. The van der Waals surface area contributed by atoms with Gasteiger partial charge in [0.05, 0.1) is 7.11 Å². The molecule has 0 fully saturated rings. The lowest BCUT2D eigenvalue weighted by Crippen LogP contribution is -2.43. The number of ether oxygens (including phenoxy) is 1. The van der Waals surface area contributed by atoms with E-state index in [0.29, 0.717) is 12.1 Å². The third-order valence-electron chi connectivity index (χ3n) is 2.34. The van der Waals surface area contributed by atoms with Gasteiger partial charge in [-0.15, -0.1) is 0 Å². The van der Waals surface area contributed by atoms with Crippen molar-refractivity contribution in [3.63, 3.8) is 0 Å². The molecule has 1 atom stereocenters. The van der Waals surface area contributed by atoms with E-state index in [1.165, 1.54) is 5.56 Å². The second kappa shape index (κ2) is 6.51. The van der Waals surface area contributed by atoms with E-state index in [-0.39, 0.29) is 0 Å². The smallest absolute Gasteiger partial charge is 0.122 e. The van der Waals surface area contributed by atoms with Crippen molar-refractivity contribution in [2.45, 2.75) is 39.3 Å². The summed E-state index contributed by atoms with van der Waals surface area (Å²) < 4.78 is 5.32. The van der Waals surface area contributed by atoms with Crippen molar-refractivity contribution in [3.8, 4) is 5.75 Å². The molecule has 0 saturated heterocycles. The number of hydrogen-bond donors (Lipinski definition) is 2. The predicted octanol–water partition coefficient (Wildman–Crippen LogP) is 2.13. The van der Waals surface area contributed by atoms with Gasteiger partial charge in [-0.2, -0.15) is 0 Å². The number of methoxy groups -OCH3 is 1. The molecule has 0 aliphatic heterocycles. The lowest BCUT2D eigenvalue weighted by atomic mass is 10.1. The van der Waals surface area contributed by atoms with Crippen molar-refractivity contribution in [1.29, 1.82) is 0 Å². The third kappa shape index (κ3) is 4.21. The van der Waals surface area contributed by atoms with Gasteiger partial charge in [0, 0.05) is 12.1 Å². The van der Waals surface area contributed by atoms with Gasteiger partial charge in [0.15, 0.2) is 0 Å². The molecule has 3 heteroatoms. The van der Waals surface area contributed by atoms with Crippen LogP contribution in [0.3, 0.4) is 0 Å². The van der Waals surface area contributed by atoms with Crippen molar-refractivity contribution < 1.29 is 4.74 Å². The first-order chi connectivity index (χ1) is 7.63. The van der Waals surface area contributed by atoms with E-state index in [2.05, 4.69) is 37.7 Å². The fraction of sp³-hybridized carbons (Fsp3) is 0.538. The van der Waals surface area contributed by atoms with Crippen LogP contribution in [-0.4, -0.2) is 19.2 Å². The molecule has 0 aliphatic rings. The van der Waals surface area contributed by atoms with Gasteiger partial charge in [-0.3, -0.25) is 10.9 Å². The Hall–Kier alpha value is -1.06. The number of nitrogens with one attached hydrogen (secondary N) is 2. The molecule has 0 unspecified atom stereocenters. The van der Waals surface area contributed by atoms with Crippen LogP contribution in [-0.2, 0) is 6.42 Å². The molecule has 0 saturated carbocycles. The van der Waals surface area contributed by atoms with Gasteiger partial charge < -0.3 is 4.74 Å². The summed E-state index contributed by atoms with van der Waals surface area (Å²) in [5.74, 6) is 0.959. The topological polar surface area (TPSA) is 33.3 Å². The normalized spacial score (nSPS) is 12.8. The van der Waals surface area contributed by atoms with E-state index in [4.69, 9.17) is 4.74 Å². The van der Waals surface area contributed by atoms with Gasteiger partial charge in [0.1, 0.15) is 5.75 Å². The average molecular weight is 222 g/mol. The average Bonchev–Trinajstić information content (AvgIpc) is 2.27. The van der Waals surface area contributed by atoms with Crippen LogP contribution >= 0.6 is 0 Å². The molecular formula is C13H22N2O. The SMILES string of the molecule is COc1ccccc1C[C@H](C)NNC(C)C. The van der Waals surface area contributed by atoms with Crippen LogP contribution in [0.5, 0.6) is 5.75 Å². The number of hydrogen-bond acceptors (Lipinski definition) is 3. The highest BCUT2D eigenvalue weighted by atomic mass is 16.5. The first-order valence-electron chi connectivity index (χ1n) is 5.76. The first kappa shape index (κ1) is 13.0. The fourth-order valence-electron chi connectivity index (χ4n) is 1.56. The Morgan fingerprint density at radius 1 is 1.12 bits per heavy atom. The van der Waals surface area contributed by atoms with E-state index in [1.807, 2.05) is 18.2 Å². The van der Waals surface area contributed by atoms with Gasteiger partial charge >= 0.3 is 0 Å². The number of hydrazine groups is 1. The van der Waals surface area contributed by atoms with Crippen LogP contribution in [0.25, 0.3) is 0 Å². The minimum absolute atomic E-state index is 0.374. The minimum atomic E-state index is 0.374. The fourth-order valence-corrected chi connectivity index (χ4v) is 1.56. The zero-order valence-electron chi connectivity index (χ0n) is 10.6. The van der Waals surface area contributed by atoms with Crippen molar-refractivity contribution in [3.05, 3.63) is 29.8 Å². The van der Waals surface area contributed by atoms with Crippen molar-refractivity contribution >= 4 is 0 Å². The molecule has 90 valence electrons. The molecule has 1 aromatic rings. The second-order valence-electron chi connectivity index (χ2n) is 4.36. The van der Waals surface area contributed by atoms with E-state index in [9.17, 15) is 0 Å². The Balaban J connectivity index is 2.51. The lowest BCUT2D eigenvalue weighted by molar-refractivity contribution is 0.390. The third-order valence-corrected chi connectivity index (χ3v) is 2.34. The van der Waals surface area contributed by atoms with Crippen LogP contribution in [0.4, 0.5) is 0 Å². The standard InChI is InChI=1S/C13H22N2O/c1-10(2)14-15-11(3)9-12-7-5-6-8-13(12)16-4/h5-8,10-11,14-15H,9H2,1-4H3/t11-/m0/s1. The van der Waals surface area contributed by atoms with Crippen LogP contribution in [0, 0.1) is 0 Å². The summed E-state index contributed by atoms with van der Waals surface area (Å²) in [5.41, 5.74) is 7.72. The highest BCUT2D eigenvalue weighted by Crippen LogP contribution is 2.18. The lowest BCUT2D eigenvalue weighted by Gasteiger charge is -2.18. The predicted molar refractivity (Wildman–Crippen MR) is 67.6 cm³/mol.